The Labute approximate surface area is 350 Å². The van der Waals surface area contributed by atoms with Gasteiger partial charge in [0.15, 0.2) is 0 Å². The molecular formula is C54H47N5O. The predicted octanol–water partition coefficient (Wildman–Crippen LogP) is 14.8. The lowest BCUT2D eigenvalue weighted by Gasteiger charge is -2.20. The fourth-order valence-corrected chi connectivity index (χ4v) is 8.84. The third-order valence-electron chi connectivity index (χ3n) is 11.6. The van der Waals surface area contributed by atoms with Gasteiger partial charge in [0, 0.05) is 57.3 Å². The summed E-state index contributed by atoms with van der Waals surface area (Å²) in [4.78, 5) is 4.91. The lowest BCUT2D eigenvalue weighted by atomic mass is 9.88. The molecule has 0 atom stereocenters. The zero-order valence-corrected chi connectivity index (χ0v) is 34.8. The maximum atomic E-state index is 6.99. The minimum Gasteiger partial charge on any atom is -0.457 e. The lowest BCUT2D eigenvalue weighted by molar-refractivity contribution is 0.484. The van der Waals surface area contributed by atoms with Gasteiger partial charge < -0.3 is 19.9 Å². The molecule has 0 unspecified atom stereocenters. The van der Waals surface area contributed by atoms with E-state index in [0.29, 0.717) is 0 Å². The average molecular weight is 782 g/mol. The van der Waals surface area contributed by atoms with Crippen molar-refractivity contribution >= 4 is 66.4 Å². The Morgan fingerprint density at radius 2 is 1.12 bits per heavy atom. The highest BCUT2D eigenvalue weighted by atomic mass is 16.5. The fraction of sp³-hybridized carbons (Fsp3) is 0.130. The Morgan fingerprint density at radius 1 is 0.500 bits per heavy atom. The van der Waals surface area contributed by atoms with Crippen LogP contribution in [0.5, 0.6) is 11.5 Å². The van der Waals surface area contributed by atoms with Crippen molar-refractivity contribution < 1.29 is 4.74 Å². The quantitative estimate of drug-likeness (QED) is 0.161. The molecule has 0 aliphatic rings. The van der Waals surface area contributed by atoms with Gasteiger partial charge >= 0.3 is 0 Å². The Bertz CT molecular complexity index is 3230. The summed E-state index contributed by atoms with van der Waals surface area (Å²) >= 11 is 0. The Morgan fingerprint density at radius 3 is 1.85 bits per heavy atom. The third-order valence-corrected chi connectivity index (χ3v) is 11.6. The summed E-state index contributed by atoms with van der Waals surface area (Å²) in [6, 6.07) is 55.6. The molecule has 2 N–H and O–H groups in total. The van der Waals surface area contributed by atoms with E-state index in [1.807, 2.05) is 6.20 Å². The van der Waals surface area contributed by atoms with E-state index in [0.717, 1.165) is 84.0 Å². The number of nitrogens with zero attached hydrogens (tertiary/aromatic N) is 3. The smallest absolute Gasteiger partial charge is 0.137 e. The summed E-state index contributed by atoms with van der Waals surface area (Å²) in [5, 5.41) is 12.3. The van der Waals surface area contributed by atoms with Crippen molar-refractivity contribution in [2.45, 2.75) is 47.0 Å². The van der Waals surface area contributed by atoms with Gasteiger partial charge in [0.25, 0.3) is 0 Å². The number of rotatable bonds is 8. The highest BCUT2D eigenvalue weighted by molar-refractivity contribution is 6.16. The Kier molecular flexibility index (Phi) is 8.94. The van der Waals surface area contributed by atoms with Crippen LogP contribution in [0.1, 0.15) is 43.0 Å². The number of anilines is 4. The molecule has 0 spiro atoms. The largest absolute Gasteiger partial charge is 0.457 e. The van der Waals surface area contributed by atoms with Gasteiger partial charge in [0.1, 0.15) is 17.3 Å². The van der Waals surface area contributed by atoms with E-state index >= 15 is 0 Å². The van der Waals surface area contributed by atoms with Crippen LogP contribution in [0.2, 0.25) is 0 Å². The van der Waals surface area contributed by atoms with E-state index in [2.05, 4.69) is 219 Å². The molecule has 0 fully saturated rings. The first-order valence-electron chi connectivity index (χ1n) is 20.6. The van der Waals surface area contributed by atoms with Gasteiger partial charge in [-0.15, -0.1) is 0 Å². The van der Waals surface area contributed by atoms with Crippen molar-refractivity contribution in [3.05, 3.63) is 186 Å². The van der Waals surface area contributed by atoms with Gasteiger partial charge in [-0.25, -0.2) is 4.98 Å². The molecule has 0 saturated carbocycles. The van der Waals surface area contributed by atoms with Crippen molar-refractivity contribution in [3.8, 4) is 23.0 Å². The number of ether oxygens (including phenoxy) is 1. The molecule has 294 valence electrons. The topological polar surface area (TPSA) is 56.0 Å². The molecular weight excluding hydrogens is 735 g/mol. The van der Waals surface area contributed by atoms with Crippen molar-refractivity contribution in [2.24, 2.45) is 0 Å². The van der Waals surface area contributed by atoms with Gasteiger partial charge in [-0.1, -0.05) is 105 Å². The monoisotopic (exact) mass is 781 g/mol. The van der Waals surface area contributed by atoms with E-state index in [1.54, 1.807) is 0 Å². The first-order valence-corrected chi connectivity index (χ1v) is 20.6. The number of para-hydroxylation sites is 5. The molecule has 0 aliphatic heterocycles. The highest BCUT2D eigenvalue weighted by Crippen LogP contribution is 2.43. The molecule has 60 heavy (non-hydrogen) atoms. The number of aryl methyl sites for hydroxylation is 3. The molecule has 0 aliphatic carbocycles. The van der Waals surface area contributed by atoms with Gasteiger partial charge in [-0.2, -0.15) is 0 Å². The van der Waals surface area contributed by atoms with Crippen molar-refractivity contribution in [1.82, 2.24) is 14.1 Å². The number of hydrogen-bond donors (Lipinski definition) is 2. The van der Waals surface area contributed by atoms with E-state index in [4.69, 9.17) is 9.72 Å². The second-order valence-corrected chi connectivity index (χ2v) is 16.9. The second-order valence-electron chi connectivity index (χ2n) is 16.9. The summed E-state index contributed by atoms with van der Waals surface area (Å²) in [7, 11) is 0. The number of fused-ring (bicyclic) bond motifs is 6. The first-order chi connectivity index (χ1) is 29.1. The van der Waals surface area contributed by atoms with Gasteiger partial charge in [-0.3, -0.25) is 4.57 Å². The van der Waals surface area contributed by atoms with Crippen LogP contribution in [-0.4, -0.2) is 14.1 Å². The molecule has 10 aromatic rings. The molecule has 6 nitrogen and oxygen atoms in total. The van der Waals surface area contributed by atoms with Crippen LogP contribution in [0.15, 0.2) is 164 Å². The standard InChI is InChI=1S/C54H47N5O/c1-34-28-35(2)53(36(3)29-34)57-45-21-13-12-20-44(45)56-46-31-40(33-50-52(46)43-19-11-15-23-48(43)58(50)38-16-8-7-9-17-38)60-39-24-25-42-41-18-10-14-22-47(41)59(49(42)32-39)51-30-37(26-27-55-51)54(4,5)6/h7-33,56-57H,1-6H3. The number of nitrogens with one attached hydrogen (secondary N) is 2. The van der Waals surface area contributed by atoms with E-state index < -0.39 is 0 Å². The lowest BCUT2D eigenvalue weighted by Crippen LogP contribution is -2.12. The number of pyridine rings is 1. The van der Waals surface area contributed by atoms with Crippen LogP contribution in [-0.2, 0) is 5.41 Å². The van der Waals surface area contributed by atoms with Gasteiger partial charge in [0.05, 0.1) is 39.1 Å². The summed E-state index contributed by atoms with van der Waals surface area (Å²) in [6.45, 7) is 13.2. The first kappa shape index (κ1) is 37.0. The van der Waals surface area contributed by atoms with Crippen LogP contribution in [0, 0.1) is 20.8 Å². The molecule has 3 heterocycles. The summed E-state index contributed by atoms with van der Waals surface area (Å²) in [6.07, 6.45) is 1.92. The minimum absolute atomic E-state index is 0.0214. The van der Waals surface area contributed by atoms with E-state index in [-0.39, 0.29) is 5.41 Å². The SMILES string of the molecule is Cc1cc(C)c(Nc2ccccc2Nc2cc(Oc3ccc4c5ccccc5n(-c5cc(C(C)(C)C)ccn5)c4c3)cc3c2c2ccccc2n3-c2ccccc2)c(C)c1. The maximum absolute atomic E-state index is 6.99. The summed E-state index contributed by atoms with van der Waals surface area (Å²) in [5.41, 5.74) is 14.3. The molecule has 6 heteroatoms. The highest BCUT2D eigenvalue weighted by Gasteiger charge is 2.21. The van der Waals surface area contributed by atoms with Crippen molar-refractivity contribution in [3.63, 3.8) is 0 Å². The van der Waals surface area contributed by atoms with Crippen LogP contribution in [0.4, 0.5) is 22.7 Å². The Balaban J connectivity index is 1.15. The molecule has 0 saturated heterocycles. The van der Waals surface area contributed by atoms with Crippen LogP contribution in [0.3, 0.4) is 0 Å². The molecule has 0 radical (unpaired) electrons. The normalized spacial score (nSPS) is 11.8. The fourth-order valence-electron chi connectivity index (χ4n) is 8.84. The summed E-state index contributed by atoms with van der Waals surface area (Å²) in [5.74, 6) is 2.34. The van der Waals surface area contributed by atoms with Crippen LogP contribution >= 0.6 is 0 Å². The van der Waals surface area contributed by atoms with Crippen molar-refractivity contribution in [1.29, 1.82) is 0 Å². The molecule has 7 aromatic carbocycles. The molecule has 10 rings (SSSR count). The Hall–Kier alpha value is -7.31. The van der Waals surface area contributed by atoms with Gasteiger partial charge in [-0.05, 0) is 104 Å². The predicted molar refractivity (Wildman–Crippen MR) is 252 cm³/mol. The maximum Gasteiger partial charge on any atom is 0.137 e. The third kappa shape index (κ3) is 6.51. The molecule has 0 bridgehead atoms. The minimum atomic E-state index is -0.0214. The molecule has 3 aromatic heterocycles. The zero-order chi connectivity index (χ0) is 41.1. The average Bonchev–Trinajstić information content (AvgIpc) is 3.75. The van der Waals surface area contributed by atoms with Crippen LogP contribution in [0.25, 0.3) is 55.1 Å². The van der Waals surface area contributed by atoms with Gasteiger partial charge in [0.2, 0.25) is 0 Å². The number of benzene rings is 7. The van der Waals surface area contributed by atoms with Crippen LogP contribution < -0.4 is 15.4 Å². The van der Waals surface area contributed by atoms with Crippen molar-refractivity contribution in [2.75, 3.05) is 10.6 Å². The second kappa shape index (κ2) is 14.5. The summed E-state index contributed by atoms with van der Waals surface area (Å²) < 4.78 is 11.6. The zero-order valence-electron chi connectivity index (χ0n) is 34.8. The van der Waals surface area contributed by atoms with E-state index in [1.165, 1.54) is 27.6 Å². The van der Waals surface area contributed by atoms with E-state index in [9.17, 15) is 0 Å². The number of aromatic nitrogens is 3. The number of hydrogen-bond acceptors (Lipinski definition) is 4. The molecule has 0 amide bonds.